The molecule has 1 heterocycles. The summed E-state index contributed by atoms with van der Waals surface area (Å²) >= 11 is 0. The number of carbonyl (C=O) groups is 2. The predicted octanol–water partition coefficient (Wildman–Crippen LogP) is 0.330. The molecule has 7 heteroatoms. The van der Waals surface area contributed by atoms with Crippen LogP contribution in [0.15, 0.2) is 12.3 Å². The fraction of sp³-hybridized carbons (Fsp3) is 0.545. The van der Waals surface area contributed by atoms with Gasteiger partial charge in [-0.2, -0.15) is 5.10 Å². The highest BCUT2D eigenvalue weighted by Crippen LogP contribution is 2.00. The van der Waals surface area contributed by atoms with E-state index >= 15 is 0 Å². The first kappa shape index (κ1) is 14.0. The molecule has 0 radical (unpaired) electrons. The van der Waals surface area contributed by atoms with Crippen LogP contribution in [0.4, 0.5) is 4.79 Å². The predicted molar refractivity (Wildman–Crippen MR) is 64.9 cm³/mol. The Labute approximate surface area is 105 Å². The molecule has 1 aromatic rings. The Kier molecular flexibility index (Phi) is 5.16. The summed E-state index contributed by atoms with van der Waals surface area (Å²) in [5.74, 6) is -1.45. The second-order valence-electron chi connectivity index (χ2n) is 3.95. The number of carboxylic acids is 1. The number of nitrogens with zero attached hydrogens (tertiary/aromatic N) is 2. The van der Waals surface area contributed by atoms with Crippen molar-refractivity contribution in [2.75, 3.05) is 6.54 Å². The van der Waals surface area contributed by atoms with E-state index in [1.165, 1.54) is 0 Å². The first-order chi connectivity index (χ1) is 8.54. The molecule has 0 bridgehead atoms. The van der Waals surface area contributed by atoms with Gasteiger partial charge in [0.05, 0.1) is 18.2 Å². The average Bonchev–Trinajstić information content (AvgIpc) is 2.72. The van der Waals surface area contributed by atoms with E-state index in [1.54, 1.807) is 30.9 Å². The summed E-state index contributed by atoms with van der Waals surface area (Å²) < 4.78 is 1.66. The van der Waals surface area contributed by atoms with Gasteiger partial charge in [0.15, 0.2) is 0 Å². The number of aliphatic carboxylic acids is 1. The lowest BCUT2D eigenvalue weighted by Crippen LogP contribution is -2.39. The van der Waals surface area contributed by atoms with E-state index in [4.69, 9.17) is 5.11 Å². The molecule has 1 aromatic heterocycles. The number of rotatable bonds is 6. The molecule has 1 atom stereocenters. The molecule has 18 heavy (non-hydrogen) atoms. The van der Waals surface area contributed by atoms with Gasteiger partial charge in [-0.3, -0.25) is 9.48 Å². The van der Waals surface area contributed by atoms with Crippen LogP contribution in [0.25, 0.3) is 0 Å². The van der Waals surface area contributed by atoms with Crippen molar-refractivity contribution in [1.82, 2.24) is 20.4 Å². The van der Waals surface area contributed by atoms with Crippen molar-refractivity contribution in [2.24, 2.45) is 13.0 Å². The Hall–Kier alpha value is -2.05. The number of carbonyl (C=O) groups excluding carboxylic acids is 1. The summed E-state index contributed by atoms with van der Waals surface area (Å²) in [5, 5.41) is 18.0. The minimum atomic E-state index is -0.899. The molecule has 0 saturated carbocycles. The molecule has 0 aromatic carbocycles. The maximum absolute atomic E-state index is 11.4. The van der Waals surface area contributed by atoms with Crippen LogP contribution in [0.3, 0.4) is 0 Å². The molecule has 0 spiro atoms. The Bertz CT molecular complexity index is 416. The van der Waals surface area contributed by atoms with Gasteiger partial charge in [-0.15, -0.1) is 0 Å². The van der Waals surface area contributed by atoms with Crippen LogP contribution < -0.4 is 10.6 Å². The van der Waals surface area contributed by atoms with Crippen LogP contribution in [0, 0.1) is 5.92 Å². The molecule has 0 aliphatic rings. The normalized spacial score (nSPS) is 11.9. The fourth-order valence-corrected chi connectivity index (χ4v) is 1.43. The number of nitrogens with one attached hydrogen (secondary N) is 2. The number of carboxylic acid groups (broad SMARTS) is 1. The molecule has 1 unspecified atom stereocenters. The second kappa shape index (κ2) is 6.63. The minimum Gasteiger partial charge on any atom is -0.481 e. The van der Waals surface area contributed by atoms with Gasteiger partial charge in [-0.25, -0.2) is 4.79 Å². The van der Waals surface area contributed by atoms with Crippen molar-refractivity contribution in [1.29, 1.82) is 0 Å². The van der Waals surface area contributed by atoms with Crippen LogP contribution in [-0.2, 0) is 18.4 Å². The maximum Gasteiger partial charge on any atom is 0.315 e. The zero-order valence-electron chi connectivity index (χ0n) is 10.5. The molecule has 0 aliphatic heterocycles. The largest absolute Gasteiger partial charge is 0.481 e. The van der Waals surface area contributed by atoms with Gasteiger partial charge in [0, 0.05) is 19.8 Å². The van der Waals surface area contributed by atoms with E-state index < -0.39 is 11.9 Å². The maximum atomic E-state index is 11.4. The third kappa shape index (κ3) is 4.08. The van der Waals surface area contributed by atoms with Gasteiger partial charge in [0.2, 0.25) is 0 Å². The van der Waals surface area contributed by atoms with Gasteiger partial charge >= 0.3 is 12.0 Å². The smallest absolute Gasteiger partial charge is 0.315 e. The van der Waals surface area contributed by atoms with Gasteiger partial charge in [0.25, 0.3) is 0 Å². The van der Waals surface area contributed by atoms with Crippen LogP contribution in [0.2, 0.25) is 0 Å². The number of hydrogen-bond acceptors (Lipinski definition) is 3. The average molecular weight is 254 g/mol. The van der Waals surface area contributed by atoms with E-state index in [2.05, 4.69) is 15.7 Å². The Morgan fingerprint density at radius 2 is 2.22 bits per heavy atom. The standard InChI is InChI=1S/C11H18N4O3/c1-3-8(10(16)17)6-12-11(18)13-7-9-4-5-14-15(9)2/h4-5,8H,3,6-7H2,1-2H3,(H,16,17)(H2,12,13,18). The summed E-state index contributed by atoms with van der Waals surface area (Å²) in [4.78, 5) is 22.2. The SMILES string of the molecule is CCC(CNC(=O)NCc1ccnn1C)C(=O)O. The van der Waals surface area contributed by atoms with Crippen LogP contribution in [0.5, 0.6) is 0 Å². The van der Waals surface area contributed by atoms with Crippen molar-refractivity contribution in [3.05, 3.63) is 18.0 Å². The lowest BCUT2D eigenvalue weighted by molar-refractivity contribution is -0.141. The Morgan fingerprint density at radius 1 is 1.50 bits per heavy atom. The van der Waals surface area contributed by atoms with Gasteiger partial charge in [-0.1, -0.05) is 6.92 Å². The molecule has 7 nitrogen and oxygen atoms in total. The number of urea groups is 1. The third-order valence-electron chi connectivity index (χ3n) is 2.70. The Balaban J connectivity index is 2.30. The monoisotopic (exact) mass is 254 g/mol. The van der Waals surface area contributed by atoms with Crippen LogP contribution >= 0.6 is 0 Å². The molecule has 0 fully saturated rings. The summed E-state index contributed by atoms with van der Waals surface area (Å²) in [7, 11) is 1.78. The molecular weight excluding hydrogens is 236 g/mol. The number of hydrogen-bond donors (Lipinski definition) is 3. The van der Waals surface area contributed by atoms with Gasteiger partial charge < -0.3 is 15.7 Å². The molecule has 0 aliphatic carbocycles. The fourth-order valence-electron chi connectivity index (χ4n) is 1.43. The van der Waals surface area contributed by atoms with Crippen molar-refractivity contribution >= 4 is 12.0 Å². The van der Waals surface area contributed by atoms with Crippen molar-refractivity contribution in [3.8, 4) is 0 Å². The topological polar surface area (TPSA) is 96.3 Å². The summed E-state index contributed by atoms with van der Waals surface area (Å²) in [6.45, 7) is 2.25. The molecule has 100 valence electrons. The van der Waals surface area contributed by atoms with Crippen LogP contribution in [0.1, 0.15) is 19.0 Å². The molecule has 2 amide bonds. The van der Waals surface area contributed by atoms with Crippen molar-refractivity contribution < 1.29 is 14.7 Å². The highest BCUT2D eigenvalue weighted by atomic mass is 16.4. The van der Waals surface area contributed by atoms with Crippen LogP contribution in [-0.4, -0.2) is 33.4 Å². The first-order valence-corrected chi connectivity index (χ1v) is 5.76. The third-order valence-corrected chi connectivity index (χ3v) is 2.70. The zero-order valence-corrected chi connectivity index (χ0v) is 10.5. The lowest BCUT2D eigenvalue weighted by Gasteiger charge is -2.12. The molecular formula is C11H18N4O3. The van der Waals surface area contributed by atoms with E-state index in [9.17, 15) is 9.59 Å². The zero-order chi connectivity index (χ0) is 13.5. The summed E-state index contributed by atoms with van der Waals surface area (Å²) in [6, 6.07) is 1.42. The highest BCUT2D eigenvalue weighted by Gasteiger charge is 2.15. The second-order valence-corrected chi connectivity index (χ2v) is 3.95. The molecule has 0 saturated heterocycles. The lowest BCUT2D eigenvalue weighted by atomic mass is 10.1. The number of aryl methyl sites for hydroxylation is 1. The number of aromatic nitrogens is 2. The van der Waals surface area contributed by atoms with Gasteiger partial charge in [-0.05, 0) is 12.5 Å². The highest BCUT2D eigenvalue weighted by molar-refractivity contribution is 5.75. The summed E-state index contributed by atoms with van der Waals surface area (Å²) in [5.41, 5.74) is 0.871. The van der Waals surface area contributed by atoms with E-state index in [-0.39, 0.29) is 12.6 Å². The van der Waals surface area contributed by atoms with E-state index in [0.29, 0.717) is 13.0 Å². The van der Waals surface area contributed by atoms with E-state index in [1.807, 2.05) is 0 Å². The molecule has 3 N–H and O–H groups in total. The summed E-state index contributed by atoms with van der Waals surface area (Å²) in [6.07, 6.45) is 2.13. The number of amides is 2. The van der Waals surface area contributed by atoms with Crippen molar-refractivity contribution in [3.63, 3.8) is 0 Å². The van der Waals surface area contributed by atoms with E-state index in [0.717, 1.165) is 5.69 Å². The molecule has 1 rings (SSSR count). The quantitative estimate of drug-likeness (QED) is 0.681. The van der Waals surface area contributed by atoms with Gasteiger partial charge in [0.1, 0.15) is 0 Å². The first-order valence-electron chi connectivity index (χ1n) is 5.76. The minimum absolute atomic E-state index is 0.128. The Morgan fingerprint density at radius 3 is 2.72 bits per heavy atom. The van der Waals surface area contributed by atoms with Crippen molar-refractivity contribution in [2.45, 2.75) is 19.9 Å².